The Balaban J connectivity index is 0.00000225. The van der Waals surface area contributed by atoms with Crippen LogP contribution in [-0.2, 0) is 25.7 Å². The Morgan fingerprint density at radius 1 is 1.04 bits per heavy atom. The van der Waals surface area contributed by atoms with Crippen molar-refractivity contribution in [2.75, 3.05) is 6.61 Å². The number of hydrogen-bond acceptors (Lipinski definition) is 2. The average molecular weight is 418 g/mol. The first-order valence-electron chi connectivity index (χ1n) is 9.30. The van der Waals surface area contributed by atoms with Gasteiger partial charge in [0.2, 0.25) is 0 Å². The van der Waals surface area contributed by atoms with Crippen molar-refractivity contribution >= 4 is 24.0 Å². The van der Waals surface area contributed by atoms with E-state index in [0.717, 1.165) is 41.8 Å². The molecule has 5 heteroatoms. The van der Waals surface area contributed by atoms with Crippen molar-refractivity contribution < 1.29 is 9.50 Å². The van der Waals surface area contributed by atoms with Crippen LogP contribution >= 0.6 is 24.0 Å². The molecule has 1 aromatic heterocycles. The third kappa shape index (κ3) is 4.38. The van der Waals surface area contributed by atoms with Crippen LogP contribution in [0, 0.1) is 5.82 Å². The van der Waals surface area contributed by atoms with E-state index in [4.69, 9.17) is 21.7 Å². The highest BCUT2D eigenvalue weighted by Gasteiger charge is 2.19. The maximum atomic E-state index is 14.3. The van der Waals surface area contributed by atoms with Crippen LogP contribution in [0.15, 0.2) is 48.5 Å². The number of pyridine rings is 1. The SMILES string of the molecule is Cl.OCCc1ccc(Cc2cc(-c3cccc(Cl)c3)nc3c2CCC3)cc1F. The lowest BCUT2D eigenvalue weighted by atomic mass is 9.96. The molecular formula is C23H22Cl2FNO. The quantitative estimate of drug-likeness (QED) is 0.587. The first-order valence-corrected chi connectivity index (χ1v) is 9.67. The topological polar surface area (TPSA) is 33.1 Å². The van der Waals surface area contributed by atoms with Gasteiger partial charge in [0.15, 0.2) is 0 Å². The highest BCUT2D eigenvalue weighted by Crippen LogP contribution is 2.31. The molecule has 1 heterocycles. The summed E-state index contributed by atoms with van der Waals surface area (Å²) in [5.41, 5.74) is 7.09. The molecule has 0 spiro atoms. The fourth-order valence-corrected chi connectivity index (χ4v) is 4.01. The molecule has 0 bridgehead atoms. The van der Waals surface area contributed by atoms with Gasteiger partial charge in [0.1, 0.15) is 5.82 Å². The number of aromatic nitrogens is 1. The molecule has 0 aliphatic heterocycles. The second-order valence-corrected chi connectivity index (χ2v) is 7.47. The summed E-state index contributed by atoms with van der Waals surface area (Å²) in [7, 11) is 0. The van der Waals surface area contributed by atoms with Crippen LogP contribution in [0.5, 0.6) is 0 Å². The number of hydrogen-bond donors (Lipinski definition) is 1. The van der Waals surface area contributed by atoms with Gasteiger partial charge in [-0.25, -0.2) is 4.39 Å². The predicted molar refractivity (Wildman–Crippen MR) is 114 cm³/mol. The number of aliphatic hydroxyl groups excluding tert-OH is 1. The van der Waals surface area contributed by atoms with Gasteiger partial charge < -0.3 is 5.11 Å². The monoisotopic (exact) mass is 417 g/mol. The minimum absolute atomic E-state index is 0. The van der Waals surface area contributed by atoms with Crippen LogP contribution in [-0.4, -0.2) is 16.7 Å². The van der Waals surface area contributed by atoms with E-state index >= 15 is 0 Å². The Bertz CT molecular complexity index is 990. The normalized spacial score (nSPS) is 12.5. The van der Waals surface area contributed by atoms with Crippen LogP contribution in [0.25, 0.3) is 11.3 Å². The Kier molecular flexibility index (Phi) is 6.71. The molecule has 0 saturated heterocycles. The lowest BCUT2D eigenvalue weighted by Crippen LogP contribution is -2.01. The molecule has 1 N–H and O–H groups in total. The van der Waals surface area contributed by atoms with Gasteiger partial charge in [-0.1, -0.05) is 35.9 Å². The number of benzene rings is 2. The minimum atomic E-state index is -0.248. The highest BCUT2D eigenvalue weighted by atomic mass is 35.5. The minimum Gasteiger partial charge on any atom is -0.396 e. The third-order valence-electron chi connectivity index (χ3n) is 5.16. The maximum absolute atomic E-state index is 14.3. The summed E-state index contributed by atoms with van der Waals surface area (Å²) in [6, 6.07) is 15.2. The van der Waals surface area contributed by atoms with Gasteiger partial charge >= 0.3 is 0 Å². The molecule has 3 aromatic rings. The zero-order valence-electron chi connectivity index (χ0n) is 15.4. The van der Waals surface area contributed by atoms with Gasteiger partial charge in [-0.15, -0.1) is 12.4 Å². The molecule has 146 valence electrons. The molecule has 2 nitrogen and oxygen atoms in total. The number of fused-ring (bicyclic) bond motifs is 1. The summed E-state index contributed by atoms with van der Waals surface area (Å²) in [6.45, 7) is -0.0445. The number of halogens is 3. The van der Waals surface area contributed by atoms with Gasteiger partial charge in [-0.3, -0.25) is 4.98 Å². The van der Waals surface area contributed by atoms with Crippen molar-refractivity contribution in [3.8, 4) is 11.3 Å². The lowest BCUT2D eigenvalue weighted by Gasteiger charge is -2.13. The van der Waals surface area contributed by atoms with Crippen molar-refractivity contribution in [1.82, 2.24) is 4.98 Å². The number of rotatable bonds is 5. The first kappa shape index (κ1) is 20.8. The van der Waals surface area contributed by atoms with Crippen molar-refractivity contribution in [2.45, 2.75) is 32.1 Å². The van der Waals surface area contributed by atoms with Gasteiger partial charge in [0, 0.05) is 22.9 Å². The van der Waals surface area contributed by atoms with E-state index in [0.29, 0.717) is 23.4 Å². The van der Waals surface area contributed by atoms with Crippen LogP contribution in [0.2, 0.25) is 5.02 Å². The standard InChI is InChI=1S/C23H21ClFNO.ClH/c24-19-4-1-3-17(13-19)23-14-18(20-5-2-6-22(20)26-23)11-15-7-8-16(9-10-27)21(25)12-15;/h1,3-4,7-8,12-14,27H,2,5-6,9-11H2;1H. The molecule has 0 unspecified atom stereocenters. The van der Waals surface area contributed by atoms with E-state index in [-0.39, 0.29) is 24.8 Å². The van der Waals surface area contributed by atoms with Crippen LogP contribution < -0.4 is 0 Å². The van der Waals surface area contributed by atoms with E-state index in [1.807, 2.05) is 30.3 Å². The average Bonchev–Trinajstić information content (AvgIpc) is 3.13. The molecule has 4 rings (SSSR count). The molecule has 1 aliphatic carbocycles. The molecule has 1 aliphatic rings. The van der Waals surface area contributed by atoms with Crippen LogP contribution in [0.3, 0.4) is 0 Å². The summed E-state index contributed by atoms with van der Waals surface area (Å²) in [5, 5.41) is 9.72. The second kappa shape index (κ2) is 9.04. The lowest BCUT2D eigenvalue weighted by molar-refractivity contribution is 0.297. The molecular weight excluding hydrogens is 396 g/mol. The van der Waals surface area contributed by atoms with Crippen molar-refractivity contribution in [2.24, 2.45) is 0 Å². The fourth-order valence-electron chi connectivity index (χ4n) is 3.82. The van der Waals surface area contributed by atoms with E-state index in [2.05, 4.69) is 6.07 Å². The molecule has 0 fully saturated rings. The van der Waals surface area contributed by atoms with Crippen molar-refractivity contribution in [3.63, 3.8) is 0 Å². The Morgan fingerprint density at radius 2 is 1.89 bits per heavy atom. The largest absolute Gasteiger partial charge is 0.396 e. The predicted octanol–water partition coefficient (Wildman–Crippen LogP) is 5.58. The molecule has 2 aromatic carbocycles. The summed E-state index contributed by atoms with van der Waals surface area (Å²) in [6.07, 6.45) is 4.14. The Morgan fingerprint density at radius 3 is 2.64 bits per heavy atom. The maximum Gasteiger partial charge on any atom is 0.126 e. The summed E-state index contributed by atoms with van der Waals surface area (Å²) < 4.78 is 14.3. The first-order chi connectivity index (χ1) is 13.1. The third-order valence-corrected chi connectivity index (χ3v) is 5.39. The van der Waals surface area contributed by atoms with Crippen LogP contribution in [0.1, 0.15) is 34.4 Å². The summed E-state index contributed by atoms with van der Waals surface area (Å²) in [5.74, 6) is -0.248. The molecule has 0 amide bonds. The van der Waals surface area contributed by atoms with Gasteiger partial charge in [0.05, 0.1) is 5.69 Å². The van der Waals surface area contributed by atoms with E-state index in [9.17, 15) is 4.39 Å². The number of aryl methyl sites for hydroxylation is 1. The fraction of sp³-hybridized carbons (Fsp3) is 0.261. The van der Waals surface area contributed by atoms with Crippen molar-refractivity contribution in [3.05, 3.63) is 87.3 Å². The highest BCUT2D eigenvalue weighted by molar-refractivity contribution is 6.30. The second-order valence-electron chi connectivity index (χ2n) is 7.03. The summed E-state index contributed by atoms with van der Waals surface area (Å²) >= 11 is 6.15. The van der Waals surface area contributed by atoms with E-state index in [1.54, 1.807) is 12.1 Å². The molecule has 0 radical (unpaired) electrons. The number of nitrogens with zero attached hydrogens (tertiary/aromatic N) is 1. The van der Waals surface area contributed by atoms with Crippen molar-refractivity contribution in [1.29, 1.82) is 0 Å². The van der Waals surface area contributed by atoms with E-state index < -0.39 is 0 Å². The number of aliphatic hydroxyl groups is 1. The Hall–Kier alpha value is -1.94. The van der Waals surface area contributed by atoms with Gasteiger partial charge in [0.25, 0.3) is 0 Å². The van der Waals surface area contributed by atoms with Crippen LogP contribution in [0.4, 0.5) is 4.39 Å². The molecule has 28 heavy (non-hydrogen) atoms. The smallest absolute Gasteiger partial charge is 0.126 e. The van der Waals surface area contributed by atoms with E-state index in [1.165, 1.54) is 11.1 Å². The Labute approximate surface area is 175 Å². The van der Waals surface area contributed by atoms with Gasteiger partial charge in [-0.2, -0.15) is 0 Å². The zero-order chi connectivity index (χ0) is 18.8. The molecule has 0 saturated carbocycles. The molecule has 0 atom stereocenters. The zero-order valence-corrected chi connectivity index (χ0v) is 17.0. The van der Waals surface area contributed by atoms with Gasteiger partial charge in [-0.05, 0) is 78.6 Å². The summed E-state index contributed by atoms with van der Waals surface area (Å²) in [4.78, 5) is 4.86.